The average Bonchev–Trinajstić information content (AvgIpc) is 3.10. The summed E-state index contributed by atoms with van der Waals surface area (Å²) in [5.41, 5.74) is 1.20. The zero-order valence-electron chi connectivity index (χ0n) is 17.6. The van der Waals surface area contributed by atoms with Crippen LogP contribution in [0.3, 0.4) is 0 Å². The maximum absolute atomic E-state index is 10.7. The first-order valence-electron chi connectivity index (χ1n) is 10.4. The third kappa shape index (κ3) is 7.02. The van der Waals surface area contributed by atoms with Crippen molar-refractivity contribution in [2.45, 2.75) is 45.1 Å². The summed E-state index contributed by atoms with van der Waals surface area (Å²) in [5, 5.41) is 30.8. The highest BCUT2D eigenvalue weighted by molar-refractivity contribution is 7.16. The van der Waals surface area contributed by atoms with E-state index in [0.29, 0.717) is 5.01 Å². The molecule has 1 aromatic rings. The number of rotatable bonds is 8. The summed E-state index contributed by atoms with van der Waals surface area (Å²) in [6, 6.07) is 0. The first-order valence-corrected chi connectivity index (χ1v) is 11.2. The molecule has 0 amide bonds. The summed E-state index contributed by atoms with van der Waals surface area (Å²) in [7, 11) is 0. The molecule has 0 bridgehead atoms. The highest BCUT2D eigenvalue weighted by Gasteiger charge is 2.20. The highest BCUT2D eigenvalue weighted by Crippen LogP contribution is 2.26. The van der Waals surface area contributed by atoms with Crippen molar-refractivity contribution in [2.75, 3.05) is 24.5 Å². The van der Waals surface area contributed by atoms with Crippen LogP contribution in [0.1, 0.15) is 44.0 Å². The molecule has 0 atom stereocenters. The van der Waals surface area contributed by atoms with E-state index in [1.807, 2.05) is 0 Å². The summed E-state index contributed by atoms with van der Waals surface area (Å²) < 4.78 is 6.31. The van der Waals surface area contributed by atoms with Gasteiger partial charge in [0.1, 0.15) is 18.6 Å². The third-order valence-corrected chi connectivity index (χ3v) is 5.92. The van der Waals surface area contributed by atoms with Gasteiger partial charge >= 0.3 is 5.97 Å². The van der Waals surface area contributed by atoms with Gasteiger partial charge in [0.05, 0.1) is 12.3 Å². The maximum atomic E-state index is 10.7. The number of carbonyl (C=O) groups is 1. The highest BCUT2D eigenvalue weighted by atomic mass is 32.1. The number of anilines is 1. The Morgan fingerprint density at radius 2 is 2.19 bits per heavy atom. The first kappa shape index (κ1) is 22.7. The van der Waals surface area contributed by atoms with Crippen molar-refractivity contribution in [3.8, 4) is 0 Å². The number of allylic oxidation sites excluding steroid dienone is 5. The Morgan fingerprint density at radius 1 is 1.42 bits per heavy atom. The van der Waals surface area contributed by atoms with Crippen LogP contribution in [0.2, 0.25) is 0 Å². The molecule has 0 saturated carbocycles. The van der Waals surface area contributed by atoms with Gasteiger partial charge in [-0.05, 0) is 50.7 Å². The predicted octanol–water partition coefficient (Wildman–Crippen LogP) is 3.42. The number of hydrazone groups is 1. The Hall–Kier alpha value is -3.01. The first-order chi connectivity index (χ1) is 15.0. The molecule has 2 aliphatic rings. The van der Waals surface area contributed by atoms with E-state index in [2.05, 4.69) is 51.4 Å². The van der Waals surface area contributed by atoms with Crippen LogP contribution in [0.15, 0.2) is 40.7 Å². The molecule has 1 aliphatic heterocycles. The number of hydrogen-bond donors (Lipinski definition) is 2. The second-order valence-electron chi connectivity index (χ2n) is 7.38. The minimum atomic E-state index is -1.06. The zero-order valence-corrected chi connectivity index (χ0v) is 18.4. The lowest BCUT2D eigenvalue weighted by atomic mass is 10.1. The fraction of sp³-hybridized carbons (Fsp3) is 0.476. The quantitative estimate of drug-likeness (QED) is 0.359. The van der Waals surface area contributed by atoms with E-state index in [1.165, 1.54) is 23.1 Å². The molecular formula is C21H28N6O3S. The molecule has 10 heteroatoms. The summed E-state index contributed by atoms with van der Waals surface area (Å²) in [6.45, 7) is 3.49. The number of aliphatic carboxylic acids is 1. The molecule has 9 nitrogen and oxygen atoms in total. The van der Waals surface area contributed by atoms with Gasteiger partial charge in [-0.15, -0.1) is 10.2 Å². The van der Waals surface area contributed by atoms with Gasteiger partial charge in [0.2, 0.25) is 5.13 Å². The molecule has 1 fully saturated rings. The minimum Gasteiger partial charge on any atom is -0.490 e. The average molecular weight is 445 g/mol. The maximum Gasteiger partial charge on any atom is 0.325 e. The second-order valence-corrected chi connectivity index (χ2v) is 8.37. The number of aromatic nitrogens is 2. The van der Waals surface area contributed by atoms with Gasteiger partial charge in [0.15, 0.2) is 5.01 Å². The lowest BCUT2D eigenvalue weighted by Gasteiger charge is -2.28. The minimum absolute atomic E-state index is 0.224. The molecule has 3 rings (SSSR count). The molecule has 0 radical (unpaired) electrons. The molecular weight excluding hydrogens is 416 g/mol. The fourth-order valence-corrected chi connectivity index (χ4v) is 4.16. The van der Waals surface area contributed by atoms with Crippen molar-refractivity contribution >= 4 is 35.0 Å². The van der Waals surface area contributed by atoms with Crippen LogP contribution in [0.4, 0.5) is 5.13 Å². The van der Waals surface area contributed by atoms with Gasteiger partial charge in [0.25, 0.3) is 0 Å². The molecule has 0 unspecified atom stereocenters. The van der Waals surface area contributed by atoms with Gasteiger partial charge in [-0.2, -0.15) is 5.10 Å². The lowest BCUT2D eigenvalue weighted by Crippen LogP contribution is -2.30. The van der Waals surface area contributed by atoms with E-state index in [1.54, 1.807) is 0 Å². The molecule has 0 aromatic carbocycles. The number of hydrogen-bond acceptors (Lipinski definition) is 8. The fourth-order valence-electron chi connectivity index (χ4n) is 3.40. The van der Waals surface area contributed by atoms with Crippen LogP contribution in [0, 0.1) is 5.41 Å². The second kappa shape index (κ2) is 11.4. The molecule has 1 aromatic heterocycles. The van der Waals surface area contributed by atoms with E-state index < -0.39 is 5.97 Å². The monoisotopic (exact) mass is 444 g/mol. The number of nitrogens with zero attached hydrogens (tertiary/aromatic N) is 5. The van der Waals surface area contributed by atoms with Crippen molar-refractivity contribution in [3.05, 3.63) is 40.6 Å². The Bertz CT molecular complexity index is 881. The summed E-state index contributed by atoms with van der Waals surface area (Å²) in [5.74, 6) is -0.0782. The Kier molecular flexibility index (Phi) is 8.34. The van der Waals surface area contributed by atoms with E-state index in [0.717, 1.165) is 67.4 Å². The molecule has 2 N–H and O–H groups in total. The Labute approximate surface area is 185 Å². The molecule has 1 saturated heterocycles. The van der Waals surface area contributed by atoms with Crippen LogP contribution in [-0.4, -0.2) is 64.6 Å². The van der Waals surface area contributed by atoms with Gasteiger partial charge in [-0.3, -0.25) is 10.2 Å². The normalized spacial score (nSPS) is 18.0. The van der Waals surface area contributed by atoms with Crippen molar-refractivity contribution in [3.63, 3.8) is 0 Å². The van der Waals surface area contributed by atoms with Gasteiger partial charge in [0, 0.05) is 13.1 Å². The van der Waals surface area contributed by atoms with Gasteiger partial charge in [-0.25, -0.2) is 5.01 Å². The number of nitrogens with one attached hydrogen (secondary N) is 1. The van der Waals surface area contributed by atoms with Crippen molar-refractivity contribution in [1.82, 2.24) is 15.2 Å². The number of carboxylic acid groups (broad SMARTS) is 1. The Balaban J connectivity index is 1.53. The molecule has 0 spiro atoms. The predicted molar refractivity (Wildman–Crippen MR) is 122 cm³/mol. The van der Waals surface area contributed by atoms with Crippen LogP contribution in [-0.2, 0) is 9.53 Å². The third-order valence-electron chi connectivity index (χ3n) is 5.00. The van der Waals surface area contributed by atoms with Crippen LogP contribution < -0.4 is 4.90 Å². The van der Waals surface area contributed by atoms with Gasteiger partial charge in [-0.1, -0.05) is 29.6 Å². The van der Waals surface area contributed by atoms with E-state index in [9.17, 15) is 4.79 Å². The van der Waals surface area contributed by atoms with Crippen molar-refractivity contribution < 1.29 is 14.6 Å². The zero-order chi connectivity index (χ0) is 22.1. The summed E-state index contributed by atoms with van der Waals surface area (Å²) >= 11 is 1.41. The summed E-state index contributed by atoms with van der Waals surface area (Å²) in [6.07, 6.45) is 15.9. The Morgan fingerprint density at radius 3 is 2.90 bits per heavy atom. The van der Waals surface area contributed by atoms with E-state index in [4.69, 9.17) is 15.3 Å². The SMILES string of the molecule is CC1=CCC=CC=C1OC1CCCN(c2nnc(/C=N/N(C=N)CC(=O)O)s2)CCC1. The standard InChI is InChI=1S/C21H28N6O3S/c1-16-7-3-2-4-10-18(16)30-17-8-5-11-26(12-6-9-17)21-25-24-19(31-21)13-23-27(15-22)14-20(28)29/h2,4,7,10,13,15,17,22H,3,5-6,8-9,11-12,14H2,1H3,(H,28,29)/b22-15?,23-13+. The molecule has 31 heavy (non-hydrogen) atoms. The van der Waals surface area contributed by atoms with Crippen LogP contribution in [0.5, 0.6) is 0 Å². The molecule has 166 valence electrons. The molecule has 2 heterocycles. The van der Waals surface area contributed by atoms with Crippen LogP contribution >= 0.6 is 11.3 Å². The summed E-state index contributed by atoms with van der Waals surface area (Å²) in [4.78, 5) is 13.0. The largest absolute Gasteiger partial charge is 0.490 e. The van der Waals surface area contributed by atoms with E-state index >= 15 is 0 Å². The lowest BCUT2D eigenvalue weighted by molar-refractivity contribution is -0.137. The molecule has 1 aliphatic carbocycles. The van der Waals surface area contributed by atoms with Crippen molar-refractivity contribution in [2.24, 2.45) is 5.10 Å². The number of carboxylic acids is 1. The van der Waals surface area contributed by atoms with Gasteiger partial charge < -0.3 is 14.7 Å². The van der Waals surface area contributed by atoms with Crippen LogP contribution in [0.25, 0.3) is 0 Å². The smallest absolute Gasteiger partial charge is 0.325 e. The van der Waals surface area contributed by atoms with Crippen molar-refractivity contribution in [1.29, 1.82) is 5.41 Å². The topological polar surface area (TPSA) is 115 Å². The van der Waals surface area contributed by atoms with E-state index in [-0.39, 0.29) is 12.6 Å². The number of ether oxygens (including phenoxy) is 1.